The Morgan fingerprint density at radius 1 is 1.30 bits per heavy atom. The van der Waals surface area contributed by atoms with E-state index in [1.807, 2.05) is 6.92 Å². The summed E-state index contributed by atoms with van der Waals surface area (Å²) in [5.41, 5.74) is 0.731. The van der Waals surface area contributed by atoms with Crippen molar-refractivity contribution in [2.24, 2.45) is 5.92 Å². The normalized spacial score (nSPS) is 16.8. The van der Waals surface area contributed by atoms with Crippen LogP contribution in [0.2, 0.25) is 0 Å². The molecule has 0 spiro atoms. The number of rotatable bonds is 6. The van der Waals surface area contributed by atoms with E-state index in [1.54, 1.807) is 29.6 Å². The Hall–Kier alpha value is -0.820. The Bertz CT molecular complexity index is 599. The second-order valence-corrected chi connectivity index (χ2v) is 7.69. The summed E-state index contributed by atoms with van der Waals surface area (Å²) in [6.07, 6.45) is 1.84. The van der Waals surface area contributed by atoms with Crippen molar-refractivity contribution in [2.45, 2.75) is 31.6 Å². The lowest BCUT2D eigenvalue weighted by atomic mass is 9.98. The van der Waals surface area contributed by atoms with Gasteiger partial charge in [-0.15, -0.1) is 12.4 Å². The quantitative estimate of drug-likeness (QED) is 0.844. The van der Waals surface area contributed by atoms with Crippen LogP contribution in [-0.2, 0) is 10.0 Å². The third-order valence-corrected chi connectivity index (χ3v) is 6.32. The van der Waals surface area contributed by atoms with E-state index in [1.165, 1.54) is 0 Å². The molecule has 0 radical (unpaired) electrons. The Kier molecular flexibility index (Phi) is 7.80. The minimum absolute atomic E-state index is 0. The molecule has 0 amide bonds. The van der Waals surface area contributed by atoms with E-state index in [0.717, 1.165) is 31.5 Å². The molecule has 0 aromatic heterocycles. The lowest BCUT2D eigenvalue weighted by Crippen LogP contribution is -2.40. The number of hydrogen-bond donors (Lipinski definition) is 1. The molecule has 1 aliphatic heterocycles. The number of hydrogen-bond acceptors (Lipinski definition) is 4. The van der Waals surface area contributed by atoms with Gasteiger partial charge in [-0.1, -0.05) is 6.92 Å². The lowest BCUT2D eigenvalue weighted by molar-refractivity contribution is 0.268. The van der Waals surface area contributed by atoms with Crippen molar-refractivity contribution in [1.82, 2.24) is 9.62 Å². The van der Waals surface area contributed by atoms with Gasteiger partial charge in [0.1, 0.15) is 5.75 Å². The van der Waals surface area contributed by atoms with E-state index in [9.17, 15) is 8.42 Å². The highest BCUT2D eigenvalue weighted by Gasteiger charge is 2.30. The third kappa shape index (κ3) is 4.83. The number of piperidine rings is 1. The summed E-state index contributed by atoms with van der Waals surface area (Å²) in [5, 5.41) is 3.34. The number of methoxy groups -OCH3 is 1. The number of sulfonamides is 1. The Balaban J connectivity index is 0.00000264. The maximum Gasteiger partial charge on any atom is 0.243 e. The number of ether oxygens (including phenoxy) is 1. The number of benzene rings is 1. The average Bonchev–Trinajstić information content (AvgIpc) is 2.52. The van der Waals surface area contributed by atoms with Gasteiger partial charge < -0.3 is 10.1 Å². The van der Waals surface area contributed by atoms with Crippen molar-refractivity contribution in [3.63, 3.8) is 0 Å². The molecule has 1 N–H and O–H groups in total. The van der Waals surface area contributed by atoms with Gasteiger partial charge in [-0.05, 0) is 62.5 Å². The molecule has 23 heavy (non-hydrogen) atoms. The van der Waals surface area contributed by atoms with Gasteiger partial charge >= 0.3 is 0 Å². The molecule has 0 saturated carbocycles. The van der Waals surface area contributed by atoms with Crippen molar-refractivity contribution in [3.8, 4) is 5.75 Å². The minimum Gasteiger partial charge on any atom is -0.497 e. The van der Waals surface area contributed by atoms with Crippen molar-refractivity contribution in [2.75, 3.05) is 33.3 Å². The van der Waals surface area contributed by atoms with Crippen LogP contribution in [0.1, 0.15) is 25.3 Å². The van der Waals surface area contributed by atoms with Gasteiger partial charge in [0.05, 0.1) is 12.0 Å². The van der Waals surface area contributed by atoms with Crippen LogP contribution < -0.4 is 10.1 Å². The van der Waals surface area contributed by atoms with E-state index in [4.69, 9.17) is 4.74 Å². The highest BCUT2D eigenvalue weighted by molar-refractivity contribution is 7.89. The van der Waals surface area contributed by atoms with E-state index in [-0.39, 0.29) is 12.4 Å². The number of aryl methyl sites for hydroxylation is 1. The van der Waals surface area contributed by atoms with Gasteiger partial charge in [-0.25, -0.2) is 8.42 Å². The molecule has 0 atom stereocenters. The third-order valence-electron chi connectivity index (χ3n) is 4.26. The Labute approximate surface area is 145 Å². The van der Waals surface area contributed by atoms with Gasteiger partial charge in [0.2, 0.25) is 10.0 Å². The average molecular weight is 363 g/mol. The first-order valence-electron chi connectivity index (χ1n) is 7.84. The topological polar surface area (TPSA) is 58.6 Å². The monoisotopic (exact) mass is 362 g/mol. The molecule has 0 bridgehead atoms. The molecule has 1 aromatic rings. The SMILES string of the molecule is CCNCC1CCN(S(=O)(=O)c2ccc(OC)cc2C)CC1.Cl. The second kappa shape index (κ2) is 8.87. The first-order chi connectivity index (χ1) is 10.5. The standard InChI is InChI=1S/C16H26N2O3S.ClH/c1-4-17-12-14-7-9-18(10-8-14)22(19,20)16-6-5-15(21-3)11-13(16)2;/h5-6,11,14,17H,4,7-10,12H2,1-3H3;1H. The maximum atomic E-state index is 12.8. The van der Waals surface area contributed by atoms with Crippen molar-refractivity contribution < 1.29 is 13.2 Å². The van der Waals surface area contributed by atoms with Crippen LogP contribution in [0, 0.1) is 12.8 Å². The summed E-state index contributed by atoms with van der Waals surface area (Å²) < 4.78 is 32.4. The van der Waals surface area contributed by atoms with Crippen LogP contribution in [0.5, 0.6) is 5.75 Å². The fourth-order valence-corrected chi connectivity index (χ4v) is 4.56. The molecule has 5 nitrogen and oxygen atoms in total. The first-order valence-corrected chi connectivity index (χ1v) is 9.28. The minimum atomic E-state index is -3.40. The van der Waals surface area contributed by atoms with Crippen molar-refractivity contribution in [3.05, 3.63) is 23.8 Å². The summed E-state index contributed by atoms with van der Waals surface area (Å²) in [5.74, 6) is 1.25. The summed E-state index contributed by atoms with van der Waals surface area (Å²) in [6, 6.07) is 5.12. The van der Waals surface area contributed by atoms with Crippen LogP contribution in [0.15, 0.2) is 23.1 Å². The lowest BCUT2D eigenvalue weighted by Gasteiger charge is -2.31. The number of halogens is 1. The first kappa shape index (κ1) is 20.2. The molecule has 1 fully saturated rings. The molecule has 1 aliphatic rings. The molecule has 0 aliphatic carbocycles. The highest BCUT2D eigenvalue weighted by atomic mass is 35.5. The number of nitrogens with zero attached hydrogens (tertiary/aromatic N) is 1. The molecule has 1 saturated heterocycles. The molecule has 132 valence electrons. The van der Waals surface area contributed by atoms with Gasteiger partial charge in [0.15, 0.2) is 0 Å². The van der Waals surface area contributed by atoms with Gasteiger partial charge in [0.25, 0.3) is 0 Å². The Morgan fingerprint density at radius 3 is 2.48 bits per heavy atom. The molecule has 0 unspecified atom stereocenters. The van der Waals surface area contributed by atoms with Gasteiger partial charge in [-0.3, -0.25) is 0 Å². The zero-order chi connectivity index (χ0) is 16.2. The van der Waals surface area contributed by atoms with Gasteiger partial charge in [0, 0.05) is 13.1 Å². The second-order valence-electron chi connectivity index (χ2n) is 5.79. The fourth-order valence-electron chi connectivity index (χ4n) is 2.88. The van der Waals surface area contributed by atoms with Crippen molar-refractivity contribution >= 4 is 22.4 Å². The highest BCUT2D eigenvalue weighted by Crippen LogP contribution is 2.27. The largest absolute Gasteiger partial charge is 0.497 e. The van der Waals surface area contributed by atoms with Crippen LogP contribution in [0.3, 0.4) is 0 Å². The van der Waals surface area contributed by atoms with Crippen LogP contribution in [0.25, 0.3) is 0 Å². The summed E-state index contributed by atoms with van der Waals surface area (Å²) in [6.45, 7) is 7.04. The summed E-state index contributed by atoms with van der Waals surface area (Å²) in [7, 11) is -1.82. The predicted molar refractivity (Wildman–Crippen MR) is 95.0 cm³/mol. The molecule has 1 aromatic carbocycles. The predicted octanol–water partition coefficient (Wildman–Crippen LogP) is 2.44. The van der Waals surface area contributed by atoms with Crippen LogP contribution >= 0.6 is 12.4 Å². The van der Waals surface area contributed by atoms with E-state index in [0.29, 0.717) is 29.7 Å². The molecular weight excluding hydrogens is 336 g/mol. The fraction of sp³-hybridized carbons (Fsp3) is 0.625. The Morgan fingerprint density at radius 2 is 1.96 bits per heavy atom. The summed E-state index contributed by atoms with van der Waals surface area (Å²) >= 11 is 0. The molecular formula is C16H27ClN2O3S. The maximum absolute atomic E-state index is 12.8. The van der Waals surface area contributed by atoms with E-state index >= 15 is 0 Å². The van der Waals surface area contributed by atoms with Crippen molar-refractivity contribution in [1.29, 1.82) is 0 Å². The smallest absolute Gasteiger partial charge is 0.243 e. The summed E-state index contributed by atoms with van der Waals surface area (Å²) in [4.78, 5) is 0.387. The van der Waals surface area contributed by atoms with E-state index in [2.05, 4.69) is 12.2 Å². The molecule has 7 heteroatoms. The van der Waals surface area contributed by atoms with Gasteiger partial charge in [-0.2, -0.15) is 4.31 Å². The number of nitrogens with one attached hydrogen (secondary N) is 1. The zero-order valence-electron chi connectivity index (χ0n) is 14.0. The van der Waals surface area contributed by atoms with Crippen LogP contribution in [0.4, 0.5) is 0 Å². The molecule has 2 rings (SSSR count). The van der Waals surface area contributed by atoms with E-state index < -0.39 is 10.0 Å². The zero-order valence-corrected chi connectivity index (χ0v) is 15.7. The molecule has 1 heterocycles. The van der Waals surface area contributed by atoms with Crippen LogP contribution in [-0.4, -0.2) is 46.0 Å².